The first-order valence-electron chi connectivity index (χ1n) is 7.17. The van der Waals surface area contributed by atoms with Crippen LogP contribution in [0.25, 0.3) is 0 Å². The van der Waals surface area contributed by atoms with Crippen LogP contribution in [0.2, 0.25) is 0 Å². The highest BCUT2D eigenvalue weighted by molar-refractivity contribution is 5.95. The molecule has 0 bridgehead atoms. The largest absolute Gasteiger partial charge is 0.478 e. The van der Waals surface area contributed by atoms with Crippen molar-refractivity contribution in [1.82, 2.24) is 0 Å². The van der Waals surface area contributed by atoms with Crippen LogP contribution in [-0.4, -0.2) is 16.9 Å². The Morgan fingerprint density at radius 2 is 1.88 bits per heavy atom. The van der Waals surface area contributed by atoms with Crippen LogP contribution in [0, 0.1) is 15.9 Å². The number of halogens is 4. The number of hydrogen-bond donors (Lipinski definition) is 1. The number of nitrogens with zero attached hydrogens (tertiary/aromatic N) is 1. The van der Waals surface area contributed by atoms with Crippen molar-refractivity contribution in [3.63, 3.8) is 0 Å². The molecule has 1 amide bonds. The Kier molecular flexibility index (Phi) is 5.44. The molecule has 2 rings (SSSR count). The molecule has 1 N–H and O–H groups in total. The fourth-order valence-corrected chi connectivity index (χ4v) is 2.01. The molecule has 0 radical (unpaired) electrons. The summed E-state index contributed by atoms with van der Waals surface area (Å²) in [5.74, 6) is -1.96. The topological polar surface area (TPSA) is 81.5 Å². The fourth-order valence-electron chi connectivity index (χ4n) is 2.01. The predicted octanol–water partition coefficient (Wildman–Crippen LogP) is 4.16. The number of nitro benzene ring substituents is 1. The van der Waals surface area contributed by atoms with Crippen molar-refractivity contribution in [1.29, 1.82) is 0 Å². The zero-order chi connectivity index (χ0) is 19.5. The van der Waals surface area contributed by atoms with Crippen LogP contribution in [0.3, 0.4) is 0 Å². The van der Waals surface area contributed by atoms with Crippen molar-refractivity contribution in [3.05, 3.63) is 64.0 Å². The summed E-state index contributed by atoms with van der Waals surface area (Å²) in [6, 6.07) is 7.13. The Morgan fingerprint density at radius 1 is 1.23 bits per heavy atom. The molecule has 0 aliphatic rings. The maximum atomic E-state index is 13.5. The molecule has 6 nitrogen and oxygen atoms in total. The van der Waals surface area contributed by atoms with Gasteiger partial charge in [0.2, 0.25) is 0 Å². The summed E-state index contributed by atoms with van der Waals surface area (Å²) >= 11 is 0. The van der Waals surface area contributed by atoms with E-state index in [4.69, 9.17) is 4.74 Å². The van der Waals surface area contributed by atoms with Gasteiger partial charge in [0.05, 0.1) is 16.2 Å². The molecule has 0 spiro atoms. The third-order valence-electron chi connectivity index (χ3n) is 3.29. The first-order chi connectivity index (χ1) is 12.1. The Balaban J connectivity index is 2.22. The van der Waals surface area contributed by atoms with Crippen molar-refractivity contribution >= 4 is 17.3 Å². The highest BCUT2D eigenvalue weighted by Gasteiger charge is 2.36. The predicted molar refractivity (Wildman–Crippen MR) is 83.2 cm³/mol. The summed E-state index contributed by atoms with van der Waals surface area (Å²) in [4.78, 5) is 21.7. The third kappa shape index (κ3) is 4.47. The summed E-state index contributed by atoms with van der Waals surface area (Å²) in [5.41, 5.74) is -2.82. The van der Waals surface area contributed by atoms with Crippen molar-refractivity contribution in [2.24, 2.45) is 0 Å². The SMILES string of the molecule is C[C@@H](Oc1ccccc1F)C(=O)Nc1ccc([N+](=O)[O-])cc1C(F)(F)F. The number of nitro groups is 1. The van der Waals surface area contributed by atoms with E-state index in [1.807, 2.05) is 5.32 Å². The third-order valence-corrected chi connectivity index (χ3v) is 3.29. The number of hydrogen-bond acceptors (Lipinski definition) is 4. The van der Waals surface area contributed by atoms with Gasteiger partial charge in [0.15, 0.2) is 17.7 Å². The lowest BCUT2D eigenvalue weighted by atomic mass is 10.1. The van der Waals surface area contributed by atoms with Crippen LogP contribution in [0.5, 0.6) is 5.75 Å². The van der Waals surface area contributed by atoms with E-state index in [1.54, 1.807) is 0 Å². The number of nitrogens with one attached hydrogen (secondary N) is 1. The highest BCUT2D eigenvalue weighted by atomic mass is 19.4. The summed E-state index contributed by atoms with van der Waals surface area (Å²) in [5, 5.41) is 12.6. The normalized spacial score (nSPS) is 12.3. The van der Waals surface area contributed by atoms with E-state index in [1.165, 1.54) is 25.1 Å². The molecule has 0 aliphatic heterocycles. The van der Waals surface area contributed by atoms with E-state index in [2.05, 4.69) is 0 Å². The minimum absolute atomic E-state index is 0.241. The van der Waals surface area contributed by atoms with Gasteiger partial charge in [0, 0.05) is 12.1 Å². The number of non-ortho nitro benzene ring substituents is 1. The molecule has 1 atom stereocenters. The number of anilines is 1. The quantitative estimate of drug-likeness (QED) is 0.485. The molecule has 0 fully saturated rings. The van der Waals surface area contributed by atoms with Gasteiger partial charge in [-0.15, -0.1) is 0 Å². The van der Waals surface area contributed by atoms with Crippen LogP contribution >= 0.6 is 0 Å². The maximum absolute atomic E-state index is 13.5. The second kappa shape index (κ2) is 7.38. The molecular formula is C16H12F4N2O4. The van der Waals surface area contributed by atoms with Crippen molar-refractivity contribution in [2.45, 2.75) is 19.2 Å². The van der Waals surface area contributed by atoms with E-state index in [0.717, 1.165) is 18.2 Å². The molecule has 0 heterocycles. The molecule has 10 heteroatoms. The minimum Gasteiger partial charge on any atom is -0.478 e. The van der Waals surface area contributed by atoms with E-state index in [-0.39, 0.29) is 5.75 Å². The van der Waals surface area contributed by atoms with Gasteiger partial charge in [-0.2, -0.15) is 13.2 Å². The van der Waals surface area contributed by atoms with Crippen LogP contribution in [0.15, 0.2) is 42.5 Å². The average Bonchev–Trinajstić information content (AvgIpc) is 2.56. The summed E-state index contributed by atoms with van der Waals surface area (Å²) in [6.45, 7) is 1.22. The zero-order valence-electron chi connectivity index (χ0n) is 13.2. The number of carbonyl (C=O) groups is 1. The van der Waals surface area contributed by atoms with E-state index in [0.29, 0.717) is 6.07 Å². The molecule has 2 aromatic carbocycles. The van der Waals surface area contributed by atoms with Gasteiger partial charge in [-0.1, -0.05) is 12.1 Å². The van der Waals surface area contributed by atoms with Gasteiger partial charge in [0.25, 0.3) is 11.6 Å². The average molecular weight is 372 g/mol. The van der Waals surface area contributed by atoms with Crippen molar-refractivity contribution < 1.29 is 32.0 Å². The van der Waals surface area contributed by atoms with Gasteiger partial charge in [-0.05, 0) is 25.1 Å². The van der Waals surface area contributed by atoms with E-state index >= 15 is 0 Å². The number of rotatable bonds is 5. The lowest BCUT2D eigenvalue weighted by molar-refractivity contribution is -0.385. The number of ether oxygens (including phenoxy) is 1. The van der Waals surface area contributed by atoms with Crippen LogP contribution < -0.4 is 10.1 Å². The first kappa shape index (κ1) is 19.2. The van der Waals surface area contributed by atoms with Crippen molar-refractivity contribution in [3.8, 4) is 5.75 Å². The fraction of sp³-hybridized carbons (Fsp3) is 0.188. The monoisotopic (exact) mass is 372 g/mol. The summed E-state index contributed by atoms with van der Waals surface area (Å²) < 4.78 is 57.9. The van der Waals surface area contributed by atoms with Gasteiger partial charge < -0.3 is 10.1 Å². The maximum Gasteiger partial charge on any atom is 0.418 e. The molecule has 0 saturated heterocycles. The van der Waals surface area contributed by atoms with Gasteiger partial charge in [0.1, 0.15) is 0 Å². The smallest absolute Gasteiger partial charge is 0.418 e. The number of para-hydroxylation sites is 1. The Morgan fingerprint density at radius 3 is 2.46 bits per heavy atom. The zero-order valence-corrected chi connectivity index (χ0v) is 13.2. The van der Waals surface area contributed by atoms with Gasteiger partial charge >= 0.3 is 6.18 Å². The molecular weight excluding hydrogens is 360 g/mol. The van der Waals surface area contributed by atoms with Crippen LogP contribution in [0.4, 0.5) is 28.9 Å². The van der Waals surface area contributed by atoms with E-state index < -0.39 is 45.9 Å². The lowest BCUT2D eigenvalue weighted by Crippen LogP contribution is -2.31. The number of carbonyl (C=O) groups excluding carboxylic acids is 1. The number of alkyl halides is 3. The summed E-state index contributed by atoms with van der Waals surface area (Å²) in [6.07, 6.45) is -6.24. The number of benzene rings is 2. The van der Waals surface area contributed by atoms with Gasteiger partial charge in [-0.3, -0.25) is 14.9 Å². The van der Waals surface area contributed by atoms with Gasteiger partial charge in [-0.25, -0.2) is 4.39 Å². The molecule has 26 heavy (non-hydrogen) atoms. The second-order valence-corrected chi connectivity index (χ2v) is 5.16. The Labute approximate surface area is 144 Å². The lowest BCUT2D eigenvalue weighted by Gasteiger charge is -2.17. The Bertz CT molecular complexity index is 839. The van der Waals surface area contributed by atoms with Crippen LogP contribution in [0.1, 0.15) is 12.5 Å². The van der Waals surface area contributed by atoms with Crippen molar-refractivity contribution in [2.75, 3.05) is 5.32 Å². The molecule has 2 aromatic rings. The summed E-state index contributed by atoms with van der Waals surface area (Å²) in [7, 11) is 0. The standard InChI is InChI=1S/C16H12F4N2O4/c1-9(26-14-5-3-2-4-12(14)17)15(23)21-13-7-6-10(22(24)25)8-11(13)16(18,19)20/h2-9H,1H3,(H,21,23)/t9-/m1/s1. The molecule has 0 unspecified atom stereocenters. The molecule has 138 valence electrons. The highest BCUT2D eigenvalue weighted by Crippen LogP contribution is 2.37. The Hall–Kier alpha value is -3.17. The van der Waals surface area contributed by atoms with E-state index in [9.17, 15) is 32.5 Å². The number of amides is 1. The molecule has 0 aromatic heterocycles. The first-order valence-corrected chi connectivity index (χ1v) is 7.17. The molecule has 0 aliphatic carbocycles. The second-order valence-electron chi connectivity index (χ2n) is 5.16. The minimum atomic E-state index is -4.93. The molecule has 0 saturated carbocycles. The van der Waals surface area contributed by atoms with Crippen LogP contribution in [-0.2, 0) is 11.0 Å².